The largest absolute Gasteiger partial charge is 0.456 e. The number of fused-ring (bicyclic) bond motifs is 9. The molecule has 3 aromatic heterocycles. The van der Waals surface area contributed by atoms with E-state index in [9.17, 15) is 0 Å². The predicted octanol–water partition coefficient (Wildman–Crippen LogP) is 14.8. The lowest BCUT2D eigenvalue weighted by molar-refractivity contribution is 0.660. The molecule has 3 heterocycles. The van der Waals surface area contributed by atoms with Gasteiger partial charge in [-0.05, 0) is 87.0 Å². The van der Waals surface area contributed by atoms with E-state index in [1.165, 1.54) is 48.0 Å². The van der Waals surface area contributed by atoms with Crippen molar-refractivity contribution < 1.29 is 4.42 Å². The number of benzene rings is 8. The molecule has 59 heavy (non-hydrogen) atoms. The quantitative estimate of drug-likeness (QED) is 0.175. The Kier molecular flexibility index (Phi) is 7.41. The van der Waals surface area contributed by atoms with Crippen LogP contribution in [0.25, 0.3) is 110 Å². The van der Waals surface area contributed by atoms with Gasteiger partial charge in [0.15, 0.2) is 17.5 Å². The summed E-state index contributed by atoms with van der Waals surface area (Å²) in [5, 5.41) is 4.51. The molecule has 5 heteroatoms. The van der Waals surface area contributed by atoms with Crippen LogP contribution in [-0.2, 0) is 5.41 Å². The van der Waals surface area contributed by atoms with Gasteiger partial charge in [0.1, 0.15) is 11.2 Å². The molecule has 0 saturated carbocycles. The minimum Gasteiger partial charge on any atom is -0.456 e. The molecule has 278 valence electrons. The van der Waals surface area contributed by atoms with E-state index in [-0.39, 0.29) is 5.41 Å². The van der Waals surface area contributed by atoms with Crippen LogP contribution in [0, 0.1) is 0 Å². The zero-order valence-electron chi connectivity index (χ0n) is 32.4. The number of nitrogens with zero attached hydrogens (tertiary/aromatic N) is 3. The Morgan fingerprint density at radius 3 is 1.92 bits per heavy atom. The van der Waals surface area contributed by atoms with E-state index in [1.54, 1.807) is 11.3 Å². The van der Waals surface area contributed by atoms with Crippen molar-refractivity contribution in [3.8, 4) is 67.5 Å². The third-order valence-corrected chi connectivity index (χ3v) is 13.3. The lowest BCUT2D eigenvalue weighted by atomic mass is 9.81. The normalized spacial score (nSPS) is 13.1. The molecule has 12 rings (SSSR count). The summed E-state index contributed by atoms with van der Waals surface area (Å²) in [6, 6.07) is 62.5. The van der Waals surface area contributed by atoms with Gasteiger partial charge in [-0.3, -0.25) is 0 Å². The monoisotopic (exact) mass is 773 g/mol. The fraction of sp³-hybridized carbons (Fsp3) is 0.0556. The Morgan fingerprint density at radius 1 is 0.390 bits per heavy atom. The minimum atomic E-state index is -0.0856. The van der Waals surface area contributed by atoms with Crippen LogP contribution >= 0.6 is 11.3 Å². The van der Waals surface area contributed by atoms with Gasteiger partial charge in [-0.1, -0.05) is 147 Å². The lowest BCUT2D eigenvalue weighted by Gasteiger charge is -2.22. The van der Waals surface area contributed by atoms with Gasteiger partial charge in [-0.15, -0.1) is 11.3 Å². The van der Waals surface area contributed by atoms with E-state index in [4.69, 9.17) is 19.4 Å². The van der Waals surface area contributed by atoms with Crippen molar-refractivity contribution in [3.05, 3.63) is 187 Å². The maximum Gasteiger partial charge on any atom is 0.164 e. The van der Waals surface area contributed by atoms with Crippen molar-refractivity contribution >= 4 is 53.4 Å². The van der Waals surface area contributed by atoms with E-state index in [0.717, 1.165) is 55.3 Å². The van der Waals surface area contributed by atoms with Gasteiger partial charge in [-0.25, -0.2) is 15.0 Å². The molecule has 4 nitrogen and oxygen atoms in total. The standard InChI is InChI=1S/C54H35N3OS/c1-54(2)44-19-8-6-16-38(44)39-25-22-35(30-45(39)54)34-24-27-46-43(29-34)50-42(18-11-20-47(50)58-46)53-56-51(36-15-10-14-33(28-36)32-12-4-3-5-13-32)55-52(57-53)37-23-26-41-40-17-7-9-21-48(40)59-49(41)31-37/h3-31H,1-2H3. The van der Waals surface area contributed by atoms with Crippen LogP contribution in [0.5, 0.6) is 0 Å². The van der Waals surface area contributed by atoms with Crippen LogP contribution in [0.15, 0.2) is 180 Å². The Hall–Kier alpha value is -7.21. The van der Waals surface area contributed by atoms with Crippen LogP contribution in [0.3, 0.4) is 0 Å². The summed E-state index contributed by atoms with van der Waals surface area (Å²) in [6.07, 6.45) is 0. The topological polar surface area (TPSA) is 51.8 Å². The average Bonchev–Trinajstić information content (AvgIpc) is 3.93. The first-order valence-corrected chi connectivity index (χ1v) is 20.8. The molecule has 0 saturated heterocycles. The lowest BCUT2D eigenvalue weighted by Crippen LogP contribution is -2.14. The van der Waals surface area contributed by atoms with Gasteiger partial charge in [0.05, 0.1) is 0 Å². The van der Waals surface area contributed by atoms with E-state index < -0.39 is 0 Å². The minimum absolute atomic E-state index is 0.0856. The third kappa shape index (κ3) is 5.39. The summed E-state index contributed by atoms with van der Waals surface area (Å²) in [7, 11) is 0. The maximum atomic E-state index is 6.56. The molecule has 0 N–H and O–H groups in total. The highest BCUT2D eigenvalue weighted by Gasteiger charge is 2.35. The smallest absolute Gasteiger partial charge is 0.164 e. The maximum absolute atomic E-state index is 6.56. The van der Waals surface area contributed by atoms with Crippen LogP contribution in [0.2, 0.25) is 0 Å². The zero-order valence-corrected chi connectivity index (χ0v) is 33.2. The molecule has 1 aliphatic carbocycles. The first kappa shape index (κ1) is 33.9. The Bertz CT molecular complexity index is 3490. The molecule has 0 aliphatic heterocycles. The molecule has 11 aromatic rings. The molecule has 0 unspecified atom stereocenters. The van der Waals surface area contributed by atoms with Crippen molar-refractivity contribution in [2.45, 2.75) is 19.3 Å². The van der Waals surface area contributed by atoms with Crippen LogP contribution in [-0.4, -0.2) is 15.0 Å². The van der Waals surface area contributed by atoms with Gasteiger partial charge in [0.25, 0.3) is 0 Å². The number of hydrogen-bond acceptors (Lipinski definition) is 5. The molecular weight excluding hydrogens is 739 g/mol. The summed E-state index contributed by atoms with van der Waals surface area (Å²) in [5.41, 5.74) is 14.2. The zero-order chi connectivity index (χ0) is 39.2. The van der Waals surface area contributed by atoms with Gasteiger partial charge < -0.3 is 4.42 Å². The second-order valence-electron chi connectivity index (χ2n) is 16.0. The Labute approximate surface area is 345 Å². The van der Waals surface area contributed by atoms with Crippen molar-refractivity contribution in [3.63, 3.8) is 0 Å². The number of aromatic nitrogens is 3. The van der Waals surface area contributed by atoms with E-state index in [1.807, 2.05) is 18.2 Å². The van der Waals surface area contributed by atoms with Crippen molar-refractivity contribution in [1.82, 2.24) is 15.0 Å². The molecule has 0 spiro atoms. The molecule has 0 amide bonds. The van der Waals surface area contributed by atoms with Crippen molar-refractivity contribution in [2.75, 3.05) is 0 Å². The van der Waals surface area contributed by atoms with Gasteiger partial charge in [-0.2, -0.15) is 0 Å². The predicted molar refractivity (Wildman–Crippen MR) is 245 cm³/mol. The van der Waals surface area contributed by atoms with E-state index >= 15 is 0 Å². The molecule has 8 aromatic carbocycles. The highest BCUT2D eigenvalue weighted by molar-refractivity contribution is 7.25. The number of hydrogen-bond donors (Lipinski definition) is 0. The third-order valence-electron chi connectivity index (χ3n) is 12.2. The first-order valence-electron chi connectivity index (χ1n) is 20.0. The summed E-state index contributed by atoms with van der Waals surface area (Å²) >= 11 is 1.79. The fourth-order valence-corrected chi connectivity index (χ4v) is 10.3. The highest BCUT2D eigenvalue weighted by atomic mass is 32.1. The molecule has 0 radical (unpaired) electrons. The fourth-order valence-electron chi connectivity index (χ4n) is 9.16. The molecular formula is C54H35N3OS. The number of rotatable bonds is 5. The average molecular weight is 774 g/mol. The molecule has 0 bridgehead atoms. The SMILES string of the molecule is CC1(C)c2ccccc2-c2ccc(-c3ccc4oc5cccc(-c6nc(-c7cccc(-c8ccccc8)c7)nc(-c7ccc8c(c7)sc7ccccc78)n6)c5c4c3)cc21. The highest BCUT2D eigenvalue weighted by Crippen LogP contribution is 2.50. The Balaban J connectivity index is 1.04. The molecule has 1 aliphatic rings. The molecule has 0 fully saturated rings. The van der Waals surface area contributed by atoms with Crippen LogP contribution < -0.4 is 0 Å². The van der Waals surface area contributed by atoms with E-state index in [2.05, 4.69) is 172 Å². The van der Waals surface area contributed by atoms with Crippen molar-refractivity contribution in [1.29, 1.82) is 0 Å². The van der Waals surface area contributed by atoms with Crippen molar-refractivity contribution in [2.24, 2.45) is 0 Å². The summed E-state index contributed by atoms with van der Waals surface area (Å²) in [6.45, 7) is 4.66. The second-order valence-corrected chi connectivity index (χ2v) is 17.1. The van der Waals surface area contributed by atoms with E-state index in [0.29, 0.717) is 17.5 Å². The number of furan rings is 1. The second kappa shape index (κ2) is 12.9. The van der Waals surface area contributed by atoms with Crippen LogP contribution in [0.1, 0.15) is 25.0 Å². The summed E-state index contributed by atoms with van der Waals surface area (Å²) in [5.74, 6) is 1.84. The summed E-state index contributed by atoms with van der Waals surface area (Å²) in [4.78, 5) is 15.7. The van der Waals surface area contributed by atoms with Gasteiger partial charge in [0.2, 0.25) is 0 Å². The van der Waals surface area contributed by atoms with Gasteiger partial charge in [0, 0.05) is 53.1 Å². The van der Waals surface area contributed by atoms with Crippen LogP contribution in [0.4, 0.5) is 0 Å². The number of thiophene rings is 1. The Morgan fingerprint density at radius 2 is 1.02 bits per heavy atom. The molecule has 0 atom stereocenters. The first-order chi connectivity index (χ1) is 29.0. The summed E-state index contributed by atoms with van der Waals surface area (Å²) < 4.78 is 9.02. The van der Waals surface area contributed by atoms with Gasteiger partial charge >= 0.3 is 0 Å².